The van der Waals surface area contributed by atoms with E-state index in [2.05, 4.69) is 32.8 Å². The van der Waals surface area contributed by atoms with E-state index in [4.69, 9.17) is 17.0 Å². The van der Waals surface area contributed by atoms with Crippen LogP contribution >= 0.6 is 0 Å². The molecule has 1 fully saturated rings. The lowest BCUT2D eigenvalue weighted by atomic mass is 10.2. The molecule has 7 nitrogen and oxygen atoms in total. The lowest BCUT2D eigenvalue weighted by Gasteiger charge is -2.32. The van der Waals surface area contributed by atoms with Crippen LogP contribution in [0.25, 0.3) is 0 Å². The third kappa shape index (κ3) is 3.00. The molecule has 0 unspecified atom stereocenters. The molecular formula is C10H23N7. The Morgan fingerprint density at radius 3 is 2.18 bits per heavy atom. The molecule has 1 heterocycles. The number of hydrazone groups is 1. The zero-order valence-corrected chi connectivity index (χ0v) is 11.0. The third-order valence-corrected chi connectivity index (χ3v) is 2.67. The number of hydrogen-bond donors (Lipinski definition) is 3. The lowest BCUT2D eigenvalue weighted by molar-refractivity contribution is 0.281. The lowest BCUT2D eigenvalue weighted by Crippen LogP contribution is -2.48. The monoisotopic (exact) mass is 241 g/mol. The van der Waals surface area contributed by atoms with Crippen LogP contribution in [0.2, 0.25) is 0 Å². The van der Waals surface area contributed by atoms with Gasteiger partial charge in [-0.25, -0.2) is 10.9 Å². The molecule has 0 spiro atoms. The molecule has 0 atom stereocenters. The van der Waals surface area contributed by atoms with Crippen molar-refractivity contribution in [1.29, 1.82) is 5.41 Å². The summed E-state index contributed by atoms with van der Waals surface area (Å²) in [6.45, 7) is 9.44. The second-order valence-electron chi connectivity index (χ2n) is 4.69. The molecule has 0 amide bonds. The van der Waals surface area contributed by atoms with Crippen LogP contribution < -0.4 is 11.6 Å². The number of hydrazine groups is 1. The van der Waals surface area contributed by atoms with Crippen molar-refractivity contribution in [2.24, 2.45) is 16.7 Å². The van der Waals surface area contributed by atoms with Crippen LogP contribution in [-0.4, -0.2) is 52.0 Å². The number of nitrogens with zero attached hydrogens (tertiary/aromatic N) is 4. The number of hydrogen-bond acceptors (Lipinski definition) is 3. The Bertz CT molecular complexity index is 302. The highest BCUT2D eigenvalue weighted by atomic mass is 15.7. The molecule has 7 heteroatoms. The van der Waals surface area contributed by atoms with E-state index in [9.17, 15) is 0 Å². The van der Waals surface area contributed by atoms with Gasteiger partial charge < -0.3 is 10.6 Å². The van der Waals surface area contributed by atoms with E-state index in [0.717, 1.165) is 0 Å². The first-order valence-corrected chi connectivity index (χ1v) is 5.85. The fraction of sp³-hybridized carbons (Fsp3) is 0.800. The van der Waals surface area contributed by atoms with Gasteiger partial charge >= 0.3 is 0 Å². The number of nitrogens with two attached hydrogens (primary N) is 2. The van der Waals surface area contributed by atoms with Gasteiger partial charge in [-0.05, 0) is 27.7 Å². The normalized spacial score (nSPS) is 17.6. The molecule has 0 aromatic heterocycles. The fourth-order valence-electron chi connectivity index (χ4n) is 1.96. The largest absolute Gasteiger partial charge is 0.368 e. The summed E-state index contributed by atoms with van der Waals surface area (Å²) in [6, 6.07) is 0.536. The summed E-state index contributed by atoms with van der Waals surface area (Å²) < 4.78 is 0. The summed E-state index contributed by atoms with van der Waals surface area (Å²) in [5.41, 5.74) is 5.99. The topological polar surface area (TPSA) is 98.0 Å². The fourth-order valence-corrected chi connectivity index (χ4v) is 1.96. The highest BCUT2D eigenvalue weighted by molar-refractivity contribution is 5.83. The van der Waals surface area contributed by atoms with E-state index in [1.54, 1.807) is 0 Å². The Hall–Kier alpha value is -1.50. The molecule has 1 saturated heterocycles. The van der Waals surface area contributed by atoms with E-state index in [0.29, 0.717) is 19.0 Å². The van der Waals surface area contributed by atoms with E-state index in [-0.39, 0.29) is 18.0 Å². The molecule has 98 valence electrons. The summed E-state index contributed by atoms with van der Waals surface area (Å²) in [4.78, 5) is 2.01. The number of guanidine groups is 2. The van der Waals surface area contributed by atoms with Crippen molar-refractivity contribution in [3.05, 3.63) is 0 Å². The standard InChI is InChI=1S/C10H23N7/c1-7(2)17(8(3)4)9(11)14-16-6-5-15(13)10(16)12/h7-8,12H,5-6,13H2,1-4H3,(H2,11,14). The summed E-state index contributed by atoms with van der Waals surface area (Å²) in [7, 11) is 0. The summed E-state index contributed by atoms with van der Waals surface area (Å²) in [6.07, 6.45) is 0. The van der Waals surface area contributed by atoms with E-state index >= 15 is 0 Å². The van der Waals surface area contributed by atoms with Crippen molar-refractivity contribution in [1.82, 2.24) is 14.9 Å². The highest BCUT2D eigenvalue weighted by Gasteiger charge is 2.24. The maximum absolute atomic E-state index is 7.71. The third-order valence-electron chi connectivity index (χ3n) is 2.67. The molecule has 0 bridgehead atoms. The van der Waals surface area contributed by atoms with Crippen LogP contribution in [0.1, 0.15) is 27.7 Å². The molecule has 0 aromatic carbocycles. The van der Waals surface area contributed by atoms with Gasteiger partial charge in [0, 0.05) is 12.1 Å². The van der Waals surface area contributed by atoms with Gasteiger partial charge in [0.2, 0.25) is 11.9 Å². The van der Waals surface area contributed by atoms with E-state index in [1.165, 1.54) is 10.0 Å². The van der Waals surface area contributed by atoms with Crippen molar-refractivity contribution in [3.8, 4) is 0 Å². The minimum Gasteiger partial charge on any atom is -0.368 e. The zero-order valence-electron chi connectivity index (χ0n) is 11.0. The van der Waals surface area contributed by atoms with Gasteiger partial charge in [-0.1, -0.05) is 0 Å². The molecule has 17 heavy (non-hydrogen) atoms. The predicted molar refractivity (Wildman–Crippen MR) is 69.1 cm³/mol. The Kier molecular flexibility index (Phi) is 4.17. The predicted octanol–water partition coefficient (Wildman–Crippen LogP) is -0.239. The first kappa shape index (κ1) is 13.6. The van der Waals surface area contributed by atoms with Crippen molar-refractivity contribution in [2.75, 3.05) is 13.1 Å². The van der Waals surface area contributed by atoms with Crippen LogP contribution in [-0.2, 0) is 0 Å². The minimum atomic E-state index is 0.181. The quantitative estimate of drug-likeness (QED) is 0.360. The van der Waals surface area contributed by atoms with Gasteiger partial charge in [0.25, 0.3) is 0 Å². The Balaban J connectivity index is 2.80. The first-order valence-electron chi connectivity index (χ1n) is 5.85. The maximum Gasteiger partial charge on any atom is 0.229 e. The van der Waals surface area contributed by atoms with Crippen LogP contribution in [0.15, 0.2) is 5.10 Å². The molecule has 1 aliphatic heterocycles. The highest BCUT2D eigenvalue weighted by Crippen LogP contribution is 2.08. The van der Waals surface area contributed by atoms with Gasteiger partial charge in [0.1, 0.15) is 0 Å². The van der Waals surface area contributed by atoms with Crippen LogP contribution in [0.4, 0.5) is 0 Å². The Morgan fingerprint density at radius 2 is 1.82 bits per heavy atom. The molecule has 0 aliphatic carbocycles. The Morgan fingerprint density at radius 1 is 1.29 bits per heavy atom. The smallest absolute Gasteiger partial charge is 0.229 e. The van der Waals surface area contributed by atoms with Gasteiger partial charge in [-0.3, -0.25) is 10.4 Å². The van der Waals surface area contributed by atoms with Gasteiger partial charge in [-0.15, -0.1) is 5.10 Å². The first-order chi connectivity index (χ1) is 7.84. The average molecular weight is 241 g/mol. The average Bonchev–Trinajstić information content (AvgIpc) is 2.48. The van der Waals surface area contributed by atoms with Gasteiger partial charge in [0.05, 0.1) is 13.1 Å². The second-order valence-corrected chi connectivity index (χ2v) is 4.69. The molecule has 0 aromatic rings. The maximum atomic E-state index is 7.71. The Labute approximate surface area is 102 Å². The molecule has 5 N–H and O–H groups in total. The van der Waals surface area contributed by atoms with Crippen molar-refractivity contribution < 1.29 is 0 Å². The van der Waals surface area contributed by atoms with Crippen molar-refractivity contribution in [2.45, 2.75) is 39.8 Å². The van der Waals surface area contributed by atoms with Crippen LogP contribution in [0.5, 0.6) is 0 Å². The van der Waals surface area contributed by atoms with Crippen molar-refractivity contribution in [3.63, 3.8) is 0 Å². The molecular weight excluding hydrogens is 218 g/mol. The SMILES string of the molecule is CC(C)N(C(N)=NN1CCN(N)C1=N)C(C)C. The number of nitrogens with one attached hydrogen (secondary N) is 1. The zero-order chi connectivity index (χ0) is 13.2. The van der Waals surface area contributed by atoms with Crippen LogP contribution in [0.3, 0.4) is 0 Å². The molecule has 1 rings (SSSR count). The van der Waals surface area contributed by atoms with Gasteiger partial charge in [-0.2, -0.15) is 0 Å². The summed E-state index contributed by atoms with van der Waals surface area (Å²) in [5.74, 6) is 6.19. The van der Waals surface area contributed by atoms with Crippen LogP contribution in [0, 0.1) is 5.41 Å². The second kappa shape index (κ2) is 5.22. The van der Waals surface area contributed by atoms with Gasteiger partial charge in [0.15, 0.2) is 0 Å². The number of rotatable bonds is 3. The molecule has 1 aliphatic rings. The minimum absolute atomic E-state index is 0.181. The molecule has 0 radical (unpaired) electrons. The van der Waals surface area contributed by atoms with Crippen molar-refractivity contribution >= 4 is 11.9 Å². The summed E-state index contributed by atoms with van der Waals surface area (Å²) >= 11 is 0. The summed E-state index contributed by atoms with van der Waals surface area (Å²) in [5, 5.41) is 14.8. The molecule has 0 saturated carbocycles. The van der Waals surface area contributed by atoms with E-state index in [1.807, 2.05) is 4.90 Å². The van der Waals surface area contributed by atoms with E-state index < -0.39 is 0 Å².